The van der Waals surface area contributed by atoms with E-state index >= 15 is 0 Å². The van der Waals surface area contributed by atoms with Crippen molar-refractivity contribution in [3.8, 4) is 11.8 Å². The third-order valence-corrected chi connectivity index (χ3v) is 6.91. The van der Waals surface area contributed by atoms with Crippen molar-refractivity contribution >= 4 is 17.4 Å². The Balaban J connectivity index is 1.60. The average Bonchev–Trinajstić information content (AvgIpc) is 3.36. The molecule has 3 heterocycles. The summed E-state index contributed by atoms with van der Waals surface area (Å²) in [7, 11) is 0. The smallest absolute Gasteiger partial charge is 0.178 e. The number of carbonyl (C=O) groups is 1. The largest absolute Gasteiger partial charge is 0.391 e. The van der Waals surface area contributed by atoms with Gasteiger partial charge in [-0.25, -0.2) is 0 Å². The van der Waals surface area contributed by atoms with Gasteiger partial charge in [-0.2, -0.15) is 5.26 Å². The van der Waals surface area contributed by atoms with Crippen LogP contribution in [0.25, 0.3) is 5.69 Å². The molecule has 4 rings (SSSR count). The number of benzene rings is 1. The van der Waals surface area contributed by atoms with Crippen LogP contribution in [0, 0.1) is 18.3 Å². The van der Waals surface area contributed by atoms with Gasteiger partial charge in [-0.3, -0.25) is 9.69 Å². The predicted octanol–water partition coefficient (Wildman–Crippen LogP) is 4.46. The second kappa shape index (κ2) is 8.93. The van der Waals surface area contributed by atoms with E-state index in [1.807, 2.05) is 37.3 Å². The molecule has 0 aliphatic carbocycles. The summed E-state index contributed by atoms with van der Waals surface area (Å²) >= 11 is 6.07. The van der Waals surface area contributed by atoms with E-state index in [0.717, 1.165) is 61.2 Å². The number of hydrogen-bond donors (Lipinski definition) is 1. The highest BCUT2D eigenvalue weighted by atomic mass is 35.5. The number of halogens is 1. The number of fused-ring (bicyclic) bond motifs is 2. The first-order valence-corrected chi connectivity index (χ1v) is 11.2. The third kappa shape index (κ3) is 4.05. The van der Waals surface area contributed by atoms with Gasteiger partial charge in [0.05, 0.1) is 18.7 Å². The minimum absolute atomic E-state index is 0.115. The third-order valence-electron chi connectivity index (χ3n) is 6.65. The van der Waals surface area contributed by atoms with E-state index in [4.69, 9.17) is 16.9 Å². The SMILES string of the molecule is Cc1c(C(=O)CN2C3CCC2[C@@H](O)C3)cc(CCCCC#N)n1-c1ccc(Cl)cc1. The summed E-state index contributed by atoms with van der Waals surface area (Å²) < 4.78 is 2.14. The van der Waals surface area contributed by atoms with E-state index in [2.05, 4.69) is 15.5 Å². The fourth-order valence-electron chi connectivity index (χ4n) is 5.16. The molecule has 2 bridgehead atoms. The summed E-state index contributed by atoms with van der Waals surface area (Å²) in [6.45, 7) is 2.36. The van der Waals surface area contributed by atoms with Gasteiger partial charge >= 0.3 is 0 Å². The Bertz CT molecular complexity index is 960. The van der Waals surface area contributed by atoms with E-state index < -0.39 is 0 Å². The molecule has 2 aromatic rings. The van der Waals surface area contributed by atoms with Crippen molar-refractivity contribution in [2.24, 2.45) is 0 Å². The van der Waals surface area contributed by atoms with Crippen LogP contribution in [0.1, 0.15) is 60.3 Å². The number of hydrogen-bond acceptors (Lipinski definition) is 4. The quantitative estimate of drug-likeness (QED) is 0.501. The molecular formula is C24H28ClN3O2. The van der Waals surface area contributed by atoms with Crippen molar-refractivity contribution in [3.05, 3.63) is 52.3 Å². The molecule has 0 spiro atoms. The molecular weight excluding hydrogens is 398 g/mol. The van der Waals surface area contributed by atoms with Crippen LogP contribution in [0.3, 0.4) is 0 Å². The lowest BCUT2D eigenvalue weighted by Gasteiger charge is -2.21. The normalized spacial score (nSPS) is 23.1. The van der Waals surface area contributed by atoms with E-state index in [-0.39, 0.29) is 17.9 Å². The minimum atomic E-state index is -0.299. The number of unbranched alkanes of at least 4 members (excludes halogenated alkanes) is 2. The number of nitriles is 1. The maximum atomic E-state index is 13.3. The Morgan fingerprint density at radius 3 is 2.67 bits per heavy atom. The highest BCUT2D eigenvalue weighted by molar-refractivity contribution is 6.30. The average molecular weight is 426 g/mol. The Hall–Kier alpha value is -2.13. The highest BCUT2D eigenvalue weighted by Gasteiger charge is 2.46. The monoisotopic (exact) mass is 425 g/mol. The van der Waals surface area contributed by atoms with E-state index in [1.165, 1.54) is 0 Å². The summed E-state index contributed by atoms with van der Waals surface area (Å²) in [6, 6.07) is 12.3. The van der Waals surface area contributed by atoms with Gasteiger partial charge in [0.2, 0.25) is 0 Å². The standard InChI is InChI=1S/C24H28ClN3O2/c1-16-21(24(30)15-27-19-10-11-22(27)23(29)14-19)13-20(5-3-2-4-12-26)28(16)18-8-6-17(25)7-9-18/h6-9,13,19,22-23,29H,2-5,10-11,14-15H2,1H3/t19?,22?,23-/m0/s1. The zero-order chi connectivity index (χ0) is 21.3. The number of aromatic nitrogens is 1. The molecule has 2 saturated heterocycles. The topological polar surface area (TPSA) is 69.3 Å². The molecule has 2 fully saturated rings. The minimum Gasteiger partial charge on any atom is -0.391 e. The summed E-state index contributed by atoms with van der Waals surface area (Å²) in [5.41, 5.74) is 3.76. The molecule has 2 unspecified atom stereocenters. The van der Waals surface area contributed by atoms with Gasteiger partial charge in [-0.15, -0.1) is 0 Å². The summed E-state index contributed by atoms with van der Waals surface area (Å²) in [5.74, 6) is 0.115. The van der Waals surface area contributed by atoms with E-state index in [9.17, 15) is 9.90 Å². The number of aliphatic hydroxyl groups is 1. The van der Waals surface area contributed by atoms with Crippen LogP contribution in [0.5, 0.6) is 0 Å². The fourth-order valence-corrected chi connectivity index (χ4v) is 5.29. The lowest BCUT2D eigenvalue weighted by molar-refractivity contribution is 0.0873. The molecule has 6 heteroatoms. The molecule has 0 amide bonds. The Morgan fingerprint density at radius 2 is 2.03 bits per heavy atom. The first-order chi connectivity index (χ1) is 14.5. The zero-order valence-electron chi connectivity index (χ0n) is 17.4. The van der Waals surface area contributed by atoms with Crippen molar-refractivity contribution in [2.75, 3.05) is 6.54 Å². The van der Waals surface area contributed by atoms with Crippen molar-refractivity contribution in [1.29, 1.82) is 5.26 Å². The van der Waals surface area contributed by atoms with E-state index in [0.29, 0.717) is 24.0 Å². The summed E-state index contributed by atoms with van der Waals surface area (Å²) in [4.78, 5) is 15.5. The van der Waals surface area contributed by atoms with Crippen LogP contribution in [0.15, 0.2) is 30.3 Å². The van der Waals surface area contributed by atoms with Crippen molar-refractivity contribution in [3.63, 3.8) is 0 Å². The van der Waals surface area contributed by atoms with Gasteiger partial charge in [0.25, 0.3) is 0 Å². The molecule has 30 heavy (non-hydrogen) atoms. The van der Waals surface area contributed by atoms with Crippen LogP contribution in [0.2, 0.25) is 5.02 Å². The number of ketones is 1. The molecule has 2 aliphatic heterocycles. The predicted molar refractivity (Wildman–Crippen MR) is 117 cm³/mol. The van der Waals surface area contributed by atoms with Crippen LogP contribution >= 0.6 is 11.6 Å². The van der Waals surface area contributed by atoms with Gasteiger partial charge in [0.1, 0.15) is 0 Å². The van der Waals surface area contributed by atoms with Gasteiger partial charge < -0.3 is 9.67 Å². The molecule has 1 N–H and O–H groups in total. The molecule has 2 aliphatic rings. The Morgan fingerprint density at radius 1 is 1.27 bits per heavy atom. The number of nitrogens with zero attached hydrogens (tertiary/aromatic N) is 3. The fraction of sp³-hybridized carbons (Fsp3) is 0.500. The molecule has 158 valence electrons. The molecule has 0 saturated carbocycles. The maximum Gasteiger partial charge on any atom is 0.178 e. The van der Waals surface area contributed by atoms with Gasteiger partial charge in [-0.05, 0) is 75.8 Å². The van der Waals surface area contributed by atoms with Gasteiger partial charge in [0, 0.05) is 46.2 Å². The van der Waals surface area contributed by atoms with Crippen LogP contribution in [0.4, 0.5) is 0 Å². The van der Waals surface area contributed by atoms with Crippen molar-refractivity contribution < 1.29 is 9.90 Å². The lowest BCUT2D eigenvalue weighted by Crippen LogP contribution is -2.36. The number of aryl methyl sites for hydroxylation is 1. The summed E-state index contributed by atoms with van der Waals surface area (Å²) in [6.07, 6.45) is 5.65. The number of carbonyl (C=O) groups excluding carboxylic acids is 1. The number of rotatable bonds is 8. The van der Waals surface area contributed by atoms with Crippen molar-refractivity contribution in [1.82, 2.24) is 9.47 Å². The lowest BCUT2D eigenvalue weighted by atomic mass is 9.98. The maximum absolute atomic E-state index is 13.3. The van der Waals surface area contributed by atoms with Crippen molar-refractivity contribution in [2.45, 2.75) is 70.1 Å². The molecule has 1 aromatic heterocycles. The molecule has 0 radical (unpaired) electrons. The van der Waals surface area contributed by atoms with Gasteiger partial charge in [-0.1, -0.05) is 11.6 Å². The zero-order valence-corrected chi connectivity index (χ0v) is 18.1. The van der Waals surface area contributed by atoms with Crippen LogP contribution in [-0.2, 0) is 6.42 Å². The first-order valence-electron chi connectivity index (χ1n) is 10.8. The van der Waals surface area contributed by atoms with Gasteiger partial charge in [0.15, 0.2) is 5.78 Å². The first kappa shape index (κ1) is 21.1. The number of Topliss-reactive ketones (excluding diaryl/α,β-unsaturated/α-hetero) is 1. The Kier molecular flexibility index (Phi) is 6.29. The second-order valence-electron chi connectivity index (χ2n) is 8.51. The summed E-state index contributed by atoms with van der Waals surface area (Å²) in [5, 5.41) is 19.7. The molecule has 1 aromatic carbocycles. The van der Waals surface area contributed by atoms with Crippen LogP contribution in [-0.4, -0.2) is 45.1 Å². The van der Waals surface area contributed by atoms with Crippen LogP contribution < -0.4 is 0 Å². The second-order valence-corrected chi connectivity index (χ2v) is 8.95. The number of aliphatic hydroxyl groups excluding tert-OH is 1. The molecule has 3 atom stereocenters. The molecule has 5 nitrogen and oxygen atoms in total. The Labute approximate surface area is 182 Å². The highest BCUT2D eigenvalue weighted by Crippen LogP contribution is 2.38. The van der Waals surface area contributed by atoms with E-state index in [1.54, 1.807) is 0 Å².